The number of hydrogen-bond donors (Lipinski definition) is 1. The Hall–Kier alpha value is -1.50. The molecule has 0 aromatic heterocycles. The second-order valence-corrected chi connectivity index (χ2v) is 2.76. The summed E-state index contributed by atoms with van der Waals surface area (Å²) >= 11 is 0. The van der Waals surface area contributed by atoms with Crippen molar-refractivity contribution in [2.45, 2.75) is 13.8 Å². The Bertz CT molecular complexity index is 413. The summed E-state index contributed by atoms with van der Waals surface area (Å²) in [5.74, 6) is 0.334. The lowest BCUT2D eigenvalue weighted by Gasteiger charge is -1.93. The zero-order valence-electron chi connectivity index (χ0n) is 7.99. The third kappa shape index (κ3) is 2.22. The molecule has 1 N–H and O–H groups in total. The fourth-order valence-corrected chi connectivity index (χ4v) is 1.23. The third-order valence-electron chi connectivity index (χ3n) is 1.87. The van der Waals surface area contributed by atoms with Crippen LogP contribution in [0.1, 0.15) is 13.8 Å². The van der Waals surface area contributed by atoms with E-state index in [1.807, 2.05) is 50.3 Å². The summed E-state index contributed by atoms with van der Waals surface area (Å²) in [5.41, 5.74) is 0. The SMILES string of the molecule is C\C=C/C=c1/cccc(O)/c1=C/C. The van der Waals surface area contributed by atoms with Gasteiger partial charge in [0.05, 0.1) is 0 Å². The molecule has 0 aliphatic rings. The van der Waals surface area contributed by atoms with Gasteiger partial charge in [-0.15, -0.1) is 0 Å². The Morgan fingerprint density at radius 3 is 2.62 bits per heavy atom. The molecule has 1 rings (SSSR count). The first-order chi connectivity index (χ1) is 6.29. The maximum Gasteiger partial charge on any atom is 0.123 e. The van der Waals surface area contributed by atoms with Crippen molar-refractivity contribution in [2.75, 3.05) is 0 Å². The van der Waals surface area contributed by atoms with E-state index in [-0.39, 0.29) is 0 Å². The number of phenolic OH excluding ortho intramolecular Hbond substituents is 1. The lowest BCUT2D eigenvalue weighted by molar-refractivity contribution is 0.470. The highest BCUT2D eigenvalue weighted by Crippen LogP contribution is 1.94. The molecule has 0 radical (unpaired) electrons. The van der Waals surface area contributed by atoms with Crippen molar-refractivity contribution in [3.63, 3.8) is 0 Å². The minimum absolute atomic E-state index is 0.334. The van der Waals surface area contributed by atoms with E-state index in [0.717, 1.165) is 10.4 Å². The molecular weight excluding hydrogens is 160 g/mol. The van der Waals surface area contributed by atoms with Gasteiger partial charge >= 0.3 is 0 Å². The Morgan fingerprint density at radius 1 is 1.23 bits per heavy atom. The molecule has 1 aromatic carbocycles. The van der Waals surface area contributed by atoms with E-state index in [1.165, 1.54) is 0 Å². The van der Waals surface area contributed by atoms with E-state index in [4.69, 9.17) is 0 Å². The molecule has 0 aliphatic heterocycles. The summed E-state index contributed by atoms with van der Waals surface area (Å²) < 4.78 is 0. The summed E-state index contributed by atoms with van der Waals surface area (Å²) in [5, 5.41) is 11.4. The predicted molar refractivity (Wildman–Crippen MR) is 56.8 cm³/mol. The lowest BCUT2D eigenvalue weighted by atomic mass is 10.2. The molecule has 0 spiro atoms. The van der Waals surface area contributed by atoms with Crippen LogP contribution < -0.4 is 10.4 Å². The largest absolute Gasteiger partial charge is 0.507 e. The van der Waals surface area contributed by atoms with Crippen molar-refractivity contribution in [1.29, 1.82) is 0 Å². The average molecular weight is 174 g/mol. The summed E-state index contributed by atoms with van der Waals surface area (Å²) in [6.07, 6.45) is 7.81. The van der Waals surface area contributed by atoms with E-state index < -0.39 is 0 Å². The van der Waals surface area contributed by atoms with Gasteiger partial charge in [0.1, 0.15) is 5.75 Å². The molecule has 0 heterocycles. The maximum atomic E-state index is 9.52. The van der Waals surface area contributed by atoms with Crippen molar-refractivity contribution in [3.05, 3.63) is 40.8 Å². The zero-order chi connectivity index (χ0) is 9.68. The van der Waals surface area contributed by atoms with Gasteiger partial charge in [-0.1, -0.05) is 36.4 Å². The molecule has 13 heavy (non-hydrogen) atoms. The first-order valence-electron chi connectivity index (χ1n) is 4.37. The van der Waals surface area contributed by atoms with Crippen LogP contribution in [0, 0.1) is 0 Å². The van der Waals surface area contributed by atoms with E-state index in [0.29, 0.717) is 5.75 Å². The molecule has 0 bridgehead atoms. The minimum atomic E-state index is 0.334. The fourth-order valence-electron chi connectivity index (χ4n) is 1.23. The van der Waals surface area contributed by atoms with Gasteiger partial charge in [0.2, 0.25) is 0 Å². The summed E-state index contributed by atoms with van der Waals surface area (Å²) in [6.45, 7) is 3.89. The smallest absolute Gasteiger partial charge is 0.123 e. The van der Waals surface area contributed by atoms with Crippen molar-refractivity contribution < 1.29 is 5.11 Å². The van der Waals surface area contributed by atoms with E-state index >= 15 is 0 Å². The van der Waals surface area contributed by atoms with Gasteiger partial charge in [0.25, 0.3) is 0 Å². The fraction of sp³-hybridized carbons (Fsp3) is 0.167. The van der Waals surface area contributed by atoms with Crippen LogP contribution in [0.25, 0.3) is 12.2 Å². The summed E-state index contributed by atoms with van der Waals surface area (Å²) in [6, 6.07) is 5.52. The second-order valence-electron chi connectivity index (χ2n) is 2.76. The minimum Gasteiger partial charge on any atom is -0.507 e. The van der Waals surface area contributed by atoms with Crippen LogP contribution in [0.5, 0.6) is 5.75 Å². The molecule has 0 unspecified atom stereocenters. The molecule has 68 valence electrons. The van der Waals surface area contributed by atoms with Crippen LogP contribution in [0.4, 0.5) is 0 Å². The molecule has 0 atom stereocenters. The first kappa shape index (κ1) is 9.59. The number of aromatic hydroxyl groups is 1. The predicted octanol–water partition coefficient (Wildman–Crippen LogP) is 1.55. The van der Waals surface area contributed by atoms with Crippen LogP contribution in [0.3, 0.4) is 0 Å². The Labute approximate surface area is 78.3 Å². The van der Waals surface area contributed by atoms with Crippen molar-refractivity contribution in [2.24, 2.45) is 0 Å². The highest BCUT2D eigenvalue weighted by molar-refractivity contribution is 5.42. The van der Waals surface area contributed by atoms with Gasteiger partial charge in [-0.2, -0.15) is 0 Å². The number of allylic oxidation sites excluding steroid dienone is 2. The molecule has 0 amide bonds. The third-order valence-corrected chi connectivity index (χ3v) is 1.87. The molecule has 0 saturated heterocycles. The molecule has 0 aliphatic carbocycles. The Morgan fingerprint density at radius 2 is 2.00 bits per heavy atom. The Balaban J connectivity index is 3.47. The number of benzene rings is 1. The van der Waals surface area contributed by atoms with Crippen molar-refractivity contribution in [3.8, 4) is 5.75 Å². The quantitative estimate of drug-likeness (QED) is 0.685. The number of hydrogen-bond acceptors (Lipinski definition) is 1. The van der Waals surface area contributed by atoms with Crippen molar-refractivity contribution >= 4 is 12.2 Å². The van der Waals surface area contributed by atoms with E-state index in [1.54, 1.807) is 6.07 Å². The topological polar surface area (TPSA) is 20.2 Å². The summed E-state index contributed by atoms with van der Waals surface area (Å²) in [7, 11) is 0. The molecular formula is C12H14O. The van der Waals surface area contributed by atoms with Gasteiger partial charge in [0, 0.05) is 5.22 Å². The van der Waals surface area contributed by atoms with Crippen LogP contribution in [-0.4, -0.2) is 5.11 Å². The molecule has 1 nitrogen and oxygen atoms in total. The number of phenols is 1. The highest BCUT2D eigenvalue weighted by atomic mass is 16.3. The standard InChI is InChI=1S/C12H14O/c1-3-5-7-10-8-6-9-12(13)11(10)4-2/h3-9,13H,1-2H3/b5-3-,10-7-,11-4+. The van der Waals surface area contributed by atoms with Gasteiger partial charge < -0.3 is 5.11 Å². The van der Waals surface area contributed by atoms with Gasteiger partial charge in [-0.25, -0.2) is 0 Å². The van der Waals surface area contributed by atoms with Crippen LogP contribution >= 0.6 is 0 Å². The van der Waals surface area contributed by atoms with Crippen LogP contribution in [0.15, 0.2) is 30.4 Å². The van der Waals surface area contributed by atoms with E-state index in [2.05, 4.69) is 0 Å². The van der Waals surface area contributed by atoms with Gasteiger partial charge in [-0.05, 0) is 25.1 Å². The Kier molecular flexibility index (Phi) is 3.32. The molecule has 0 fully saturated rings. The normalized spacial score (nSPS) is 14.3. The highest BCUT2D eigenvalue weighted by Gasteiger charge is 1.89. The molecule has 1 heteroatoms. The van der Waals surface area contributed by atoms with Gasteiger partial charge in [-0.3, -0.25) is 0 Å². The lowest BCUT2D eigenvalue weighted by Crippen LogP contribution is -2.23. The zero-order valence-corrected chi connectivity index (χ0v) is 7.99. The molecule has 1 aromatic rings. The second kappa shape index (κ2) is 4.51. The summed E-state index contributed by atoms with van der Waals surface area (Å²) in [4.78, 5) is 0. The maximum absolute atomic E-state index is 9.52. The average Bonchev–Trinajstić information content (AvgIpc) is 2.15. The first-order valence-corrected chi connectivity index (χ1v) is 4.37. The van der Waals surface area contributed by atoms with Crippen LogP contribution in [0.2, 0.25) is 0 Å². The number of rotatable bonds is 1. The monoisotopic (exact) mass is 174 g/mol. The van der Waals surface area contributed by atoms with Crippen molar-refractivity contribution in [1.82, 2.24) is 0 Å². The van der Waals surface area contributed by atoms with Gasteiger partial charge in [0.15, 0.2) is 0 Å². The molecule has 0 saturated carbocycles. The van der Waals surface area contributed by atoms with Crippen LogP contribution in [-0.2, 0) is 0 Å². The van der Waals surface area contributed by atoms with E-state index in [9.17, 15) is 5.11 Å².